The first-order valence-corrected chi connectivity index (χ1v) is 9.65. The second kappa shape index (κ2) is 9.80. The van der Waals surface area contributed by atoms with Gasteiger partial charge in [0.1, 0.15) is 0 Å². The van der Waals surface area contributed by atoms with E-state index in [-0.39, 0.29) is 34.0 Å². The number of allylic oxidation sites excluding steroid dienone is 1. The summed E-state index contributed by atoms with van der Waals surface area (Å²) in [4.78, 5) is 36.5. The van der Waals surface area contributed by atoms with Crippen molar-refractivity contribution in [2.24, 2.45) is 0 Å². The molecule has 0 atom stereocenters. The lowest BCUT2D eigenvalue weighted by molar-refractivity contribution is -0.138. The number of halogens is 2. The van der Waals surface area contributed by atoms with Gasteiger partial charge in [0.25, 0.3) is 0 Å². The lowest BCUT2D eigenvalue weighted by atomic mass is 10.2. The van der Waals surface area contributed by atoms with Gasteiger partial charge in [-0.3, -0.25) is 0 Å². The molecule has 28 heavy (non-hydrogen) atoms. The Kier molecular flexibility index (Phi) is 7.71. The highest BCUT2D eigenvalue weighted by molar-refractivity contribution is 6.38. The van der Waals surface area contributed by atoms with E-state index in [0.717, 1.165) is 6.42 Å². The van der Waals surface area contributed by atoms with E-state index in [0.29, 0.717) is 24.1 Å². The molecule has 0 spiro atoms. The lowest BCUT2D eigenvalue weighted by Crippen LogP contribution is -2.29. The summed E-state index contributed by atoms with van der Waals surface area (Å²) in [5, 5.41) is 5.51. The van der Waals surface area contributed by atoms with Crippen LogP contribution in [0.1, 0.15) is 50.4 Å². The predicted molar refractivity (Wildman–Crippen MR) is 107 cm³/mol. The number of amides is 2. The van der Waals surface area contributed by atoms with Gasteiger partial charge in [-0.15, -0.1) is 0 Å². The number of hydrogen-bond acceptors (Lipinski definition) is 5. The van der Waals surface area contributed by atoms with Crippen molar-refractivity contribution in [1.82, 2.24) is 5.32 Å². The molecule has 2 amide bonds. The predicted octanol–water partition coefficient (Wildman–Crippen LogP) is 4.68. The van der Waals surface area contributed by atoms with Crippen LogP contribution in [0.3, 0.4) is 0 Å². The van der Waals surface area contributed by atoms with Crippen molar-refractivity contribution in [3.63, 3.8) is 0 Å². The molecule has 0 bridgehead atoms. The van der Waals surface area contributed by atoms with Crippen LogP contribution in [0.15, 0.2) is 23.4 Å². The first kappa shape index (κ1) is 22.0. The second-order valence-electron chi connectivity index (χ2n) is 6.38. The van der Waals surface area contributed by atoms with Gasteiger partial charge in [0.05, 0.1) is 39.6 Å². The number of benzene rings is 1. The third kappa shape index (κ3) is 5.62. The van der Waals surface area contributed by atoms with E-state index in [2.05, 4.69) is 10.6 Å². The lowest BCUT2D eigenvalue weighted by Gasteiger charge is -2.14. The molecule has 1 aromatic carbocycles. The van der Waals surface area contributed by atoms with Crippen LogP contribution in [-0.4, -0.2) is 30.7 Å². The van der Waals surface area contributed by atoms with Crippen LogP contribution in [0.4, 0.5) is 10.5 Å². The Morgan fingerprint density at radius 2 is 1.79 bits per heavy atom. The summed E-state index contributed by atoms with van der Waals surface area (Å²) >= 11 is 12.2. The van der Waals surface area contributed by atoms with Gasteiger partial charge in [-0.05, 0) is 52.2 Å². The van der Waals surface area contributed by atoms with Gasteiger partial charge in [0, 0.05) is 5.70 Å². The minimum atomic E-state index is -0.622. The van der Waals surface area contributed by atoms with Crippen molar-refractivity contribution in [1.29, 1.82) is 0 Å². The number of carbonyl (C=O) groups is 3. The molecule has 0 saturated heterocycles. The standard InChI is InChI=1S/C19H22Cl2N2O5/c1-4-27-17(24)11-6-5-7-15(11)22-19(26)23-16-8-12(13(20)9-14(16)21)18(25)28-10(2)3/h8-10H,4-7H2,1-3H3,(H2,22,23,26). The maximum absolute atomic E-state index is 12.4. The van der Waals surface area contributed by atoms with Gasteiger partial charge < -0.3 is 20.1 Å². The Labute approximate surface area is 173 Å². The quantitative estimate of drug-likeness (QED) is 0.641. The van der Waals surface area contributed by atoms with Crippen molar-refractivity contribution < 1.29 is 23.9 Å². The molecular formula is C19H22Cl2N2O5. The fourth-order valence-corrected chi connectivity index (χ4v) is 3.20. The summed E-state index contributed by atoms with van der Waals surface area (Å²) in [5.41, 5.74) is 1.25. The van der Waals surface area contributed by atoms with Gasteiger partial charge >= 0.3 is 18.0 Å². The topological polar surface area (TPSA) is 93.7 Å². The maximum Gasteiger partial charge on any atom is 0.339 e. The highest BCUT2D eigenvalue weighted by Crippen LogP contribution is 2.30. The number of carbonyl (C=O) groups excluding carboxylic acids is 3. The fourth-order valence-electron chi connectivity index (χ4n) is 2.69. The van der Waals surface area contributed by atoms with E-state index in [1.807, 2.05) is 0 Å². The second-order valence-corrected chi connectivity index (χ2v) is 7.19. The Bertz CT molecular complexity index is 821. The SMILES string of the molecule is CCOC(=O)C1=C(NC(=O)Nc2cc(C(=O)OC(C)C)c(Cl)cc2Cl)CCC1. The number of ether oxygens (including phenoxy) is 2. The normalized spacial score (nSPS) is 13.5. The third-order valence-electron chi connectivity index (χ3n) is 3.87. The van der Waals surface area contributed by atoms with Crippen molar-refractivity contribution in [3.8, 4) is 0 Å². The Morgan fingerprint density at radius 3 is 2.43 bits per heavy atom. The summed E-state index contributed by atoms with van der Waals surface area (Å²) in [5.74, 6) is -1.05. The van der Waals surface area contributed by atoms with E-state index in [9.17, 15) is 14.4 Å². The summed E-state index contributed by atoms with van der Waals surface area (Å²) in [6.45, 7) is 5.41. The van der Waals surface area contributed by atoms with Gasteiger partial charge in [-0.2, -0.15) is 0 Å². The van der Waals surface area contributed by atoms with Crippen molar-refractivity contribution in [3.05, 3.63) is 39.0 Å². The third-order valence-corrected chi connectivity index (χ3v) is 4.50. The molecule has 0 unspecified atom stereocenters. The first-order valence-electron chi connectivity index (χ1n) is 8.90. The number of esters is 2. The number of anilines is 1. The highest BCUT2D eigenvalue weighted by atomic mass is 35.5. The van der Waals surface area contributed by atoms with Crippen LogP contribution in [0.2, 0.25) is 10.0 Å². The summed E-state index contributed by atoms with van der Waals surface area (Å²) in [6.07, 6.45) is 1.52. The number of nitrogens with one attached hydrogen (secondary N) is 2. The van der Waals surface area contributed by atoms with Crippen molar-refractivity contribution >= 4 is 46.9 Å². The molecule has 9 heteroatoms. The van der Waals surface area contributed by atoms with Gasteiger partial charge in [0.2, 0.25) is 0 Å². The fraction of sp³-hybridized carbons (Fsp3) is 0.421. The molecule has 1 aliphatic rings. The van der Waals surface area contributed by atoms with Gasteiger partial charge in [0.15, 0.2) is 0 Å². The minimum absolute atomic E-state index is 0.0855. The Balaban J connectivity index is 2.16. The summed E-state index contributed by atoms with van der Waals surface area (Å²) in [7, 11) is 0. The molecule has 2 rings (SSSR count). The molecule has 0 radical (unpaired) electrons. The van der Waals surface area contributed by atoms with Gasteiger partial charge in [-0.1, -0.05) is 23.2 Å². The van der Waals surface area contributed by atoms with Crippen LogP contribution >= 0.6 is 23.2 Å². The molecule has 1 aliphatic carbocycles. The van der Waals surface area contributed by atoms with E-state index in [1.165, 1.54) is 12.1 Å². The van der Waals surface area contributed by atoms with Crippen LogP contribution in [0, 0.1) is 0 Å². The minimum Gasteiger partial charge on any atom is -0.463 e. The van der Waals surface area contributed by atoms with Crippen LogP contribution in [0.25, 0.3) is 0 Å². The maximum atomic E-state index is 12.4. The monoisotopic (exact) mass is 428 g/mol. The molecular weight excluding hydrogens is 407 g/mol. The molecule has 2 N–H and O–H groups in total. The first-order chi connectivity index (χ1) is 13.2. The zero-order valence-electron chi connectivity index (χ0n) is 15.9. The van der Waals surface area contributed by atoms with Crippen molar-refractivity contribution in [2.75, 3.05) is 11.9 Å². The van der Waals surface area contributed by atoms with E-state index < -0.39 is 18.0 Å². The molecule has 1 aromatic rings. The van der Waals surface area contributed by atoms with E-state index >= 15 is 0 Å². The molecule has 0 aromatic heterocycles. The largest absolute Gasteiger partial charge is 0.463 e. The summed E-state index contributed by atoms with van der Waals surface area (Å²) in [6, 6.07) is 2.12. The molecule has 0 aliphatic heterocycles. The highest BCUT2D eigenvalue weighted by Gasteiger charge is 2.24. The zero-order chi connectivity index (χ0) is 20.8. The van der Waals surface area contributed by atoms with Crippen LogP contribution in [-0.2, 0) is 14.3 Å². The molecule has 0 fully saturated rings. The number of rotatable bonds is 6. The Hall–Kier alpha value is -2.25. The average molecular weight is 429 g/mol. The number of hydrogen-bond donors (Lipinski definition) is 2. The van der Waals surface area contributed by atoms with Crippen molar-refractivity contribution in [2.45, 2.75) is 46.1 Å². The zero-order valence-corrected chi connectivity index (χ0v) is 17.4. The van der Waals surface area contributed by atoms with E-state index in [4.69, 9.17) is 32.7 Å². The molecule has 7 nitrogen and oxygen atoms in total. The summed E-state index contributed by atoms with van der Waals surface area (Å²) < 4.78 is 10.1. The smallest absolute Gasteiger partial charge is 0.339 e. The molecule has 0 heterocycles. The van der Waals surface area contributed by atoms with E-state index in [1.54, 1.807) is 20.8 Å². The average Bonchev–Trinajstić information content (AvgIpc) is 3.04. The Morgan fingerprint density at radius 1 is 1.07 bits per heavy atom. The van der Waals surface area contributed by atoms with Crippen LogP contribution < -0.4 is 10.6 Å². The number of urea groups is 1. The molecule has 152 valence electrons. The van der Waals surface area contributed by atoms with Crippen LogP contribution in [0.5, 0.6) is 0 Å². The van der Waals surface area contributed by atoms with Gasteiger partial charge in [-0.25, -0.2) is 14.4 Å². The molecule has 0 saturated carbocycles.